The molecule has 0 N–H and O–H groups in total. The normalized spacial score (nSPS) is 17.3. The van der Waals surface area contributed by atoms with Gasteiger partial charge in [-0.05, 0) is 68.5 Å². The van der Waals surface area contributed by atoms with Crippen molar-refractivity contribution in [3.8, 4) is 0 Å². The number of aryl methyl sites for hydroxylation is 2. The fraction of sp³-hybridized carbons (Fsp3) is 0.333. The highest BCUT2D eigenvalue weighted by molar-refractivity contribution is 7.89. The Balaban J connectivity index is 1.31. The second-order valence-electron chi connectivity index (χ2n) is 9.36. The third-order valence-electron chi connectivity index (χ3n) is 6.99. The van der Waals surface area contributed by atoms with Crippen LogP contribution in [0.25, 0.3) is 12.2 Å². The van der Waals surface area contributed by atoms with E-state index >= 15 is 0 Å². The van der Waals surface area contributed by atoms with Crippen LogP contribution in [0, 0.1) is 24.5 Å². The molecule has 3 aromatic rings. The third-order valence-corrected chi connectivity index (χ3v) is 9.04. The Morgan fingerprint density at radius 1 is 1.08 bits per heavy atom. The van der Waals surface area contributed by atoms with Crippen LogP contribution in [0.15, 0.2) is 51.9 Å². The van der Waals surface area contributed by atoms with Crippen LogP contribution in [0.5, 0.6) is 0 Å². The van der Waals surface area contributed by atoms with Crippen LogP contribution >= 0.6 is 0 Å². The minimum atomic E-state index is -3.98. The van der Waals surface area contributed by atoms with Crippen LogP contribution < -0.4 is 4.90 Å². The lowest BCUT2D eigenvalue weighted by Gasteiger charge is -2.36. The number of nitrogens with zero attached hydrogens (tertiary/aromatic N) is 3. The van der Waals surface area contributed by atoms with Gasteiger partial charge in [-0.2, -0.15) is 4.31 Å². The highest BCUT2D eigenvalue weighted by Gasteiger charge is 2.37. The number of benzene rings is 2. The summed E-state index contributed by atoms with van der Waals surface area (Å²) >= 11 is 0. The second kappa shape index (κ2) is 10.2. The van der Waals surface area contributed by atoms with Crippen molar-refractivity contribution in [2.75, 3.05) is 24.5 Å². The van der Waals surface area contributed by atoms with E-state index in [1.165, 1.54) is 29.4 Å². The first-order valence-corrected chi connectivity index (χ1v) is 13.7. The third kappa shape index (κ3) is 4.95. The van der Waals surface area contributed by atoms with Gasteiger partial charge in [-0.3, -0.25) is 4.79 Å². The Hall–Kier alpha value is -3.37. The standard InChI is InChI=1S/C27H27F2N3O4S/c1-18-26(25(36-30-18)11-9-19-8-10-22(28)17-23(19)29)37(34,35)31-15-12-21(13-16-31)27(33)32-14-4-6-20-5-2-3-7-24(20)32/h2-3,5,7-11,17,21H,4,6,12-16H2,1H3/b11-9+. The van der Waals surface area contributed by atoms with Gasteiger partial charge in [-0.1, -0.05) is 23.4 Å². The Kier molecular flexibility index (Phi) is 6.96. The monoisotopic (exact) mass is 527 g/mol. The van der Waals surface area contributed by atoms with Gasteiger partial charge in [0, 0.05) is 42.9 Å². The van der Waals surface area contributed by atoms with Crippen LogP contribution in [0.4, 0.5) is 14.5 Å². The minimum absolute atomic E-state index is 0.0373. The molecule has 0 spiro atoms. The number of halogens is 2. The number of rotatable bonds is 5. The van der Waals surface area contributed by atoms with Gasteiger partial charge in [0.2, 0.25) is 15.9 Å². The van der Waals surface area contributed by atoms with E-state index in [9.17, 15) is 22.0 Å². The van der Waals surface area contributed by atoms with E-state index in [0.717, 1.165) is 36.2 Å². The molecule has 0 aliphatic carbocycles. The van der Waals surface area contributed by atoms with Crippen molar-refractivity contribution in [1.82, 2.24) is 9.46 Å². The number of sulfonamides is 1. The van der Waals surface area contributed by atoms with Crippen LogP contribution in [0.2, 0.25) is 0 Å². The molecule has 0 atom stereocenters. The highest BCUT2D eigenvalue weighted by atomic mass is 32.2. The molecule has 3 heterocycles. The number of para-hydroxylation sites is 1. The SMILES string of the molecule is Cc1noc(/C=C/c2ccc(F)cc2F)c1S(=O)(=O)N1CCC(C(=O)N2CCCc3ccccc32)CC1. The smallest absolute Gasteiger partial charge is 0.248 e. The molecule has 7 nitrogen and oxygen atoms in total. The van der Waals surface area contributed by atoms with Gasteiger partial charge in [-0.25, -0.2) is 17.2 Å². The molecule has 5 rings (SSSR count). The lowest BCUT2D eigenvalue weighted by molar-refractivity contribution is -0.123. The first-order chi connectivity index (χ1) is 17.8. The summed E-state index contributed by atoms with van der Waals surface area (Å²) in [6.07, 6.45) is 5.29. The topological polar surface area (TPSA) is 83.7 Å². The molecule has 37 heavy (non-hydrogen) atoms. The van der Waals surface area contributed by atoms with Crippen molar-refractivity contribution in [3.63, 3.8) is 0 Å². The highest BCUT2D eigenvalue weighted by Crippen LogP contribution is 2.33. The predicted octanol–water partition coefficient (Wildman–Crippen LogP) is 4.81. The maximum atomic E-state index is 14.0. The van der Waals surface area contributed by atoms with E-state index in [4.69, 9.17) is 4.52 Å². The van der Waals surface area contributed by atoms with Gasteiger partial charge in [0.25, 0.3) is 0 Å². The number of carbonyl (C=O) groups excluding carboxylic acids is 1. The van der Waals surface area contributed by atoms with E-state index in [2.05, 4.69) is 5.16 Å². The van der Waals surface area contributed by atoms with Gasteiger partial charge in [-0.15, -0.1) is 0 Å². The first kappa shape index (κ1) is 25.3. The second-order valence-corrected chi connectivity index (χ2v) is 11.2. The summed E-state index contributed by atoms with van der Waals surface area (Å²) in [4.78, 5) is 15.1. The largest absolute Gasteiger partial charge is 0.355 e. The molecule has 0 saturated carbocycles. The Labute approximate surface area is 214 Å². The van der Waals surface area contributed by atoms with Gasteiger partial charge in [0.05, 0.1) is 0 Å². The van der Waals surface area contributed by atoms with Crippen molar-refractivity contribution < 1.29 is 26.5 Å². The van der Waals surface area contributed by atoms with Gasteiger partial charge in [0.1, 0.15) is 17.3 Å². The number of hydrogen-bond donors (Lipinski definition) is 0. The number of amides is 1. The van der Waals surface area contributed by atoms with Gasteiger partial charge < -0.3 is 9.42 Å². The average molecular weight is 528 g/mol. The average Bonchev–Trinajstić information content (AvgIpc) is 3.28. The van der Waals surface area contributed by atoms with Crippen LogP contribution in [-0.4, -0.2) is 43.4 Å². The zero-order chi connectivity index (χ0) is 26.2. The van der Waals surface area contributed by atoms with Gasteiger partial charge in [0.15, 0.2) is 10.7 Å². The molecule has 1 saturated heterocycles. The van der Waals surface area contributed by atoms with Crippen molar-refractivity contribution in [2.24, 2.45) is 5.92 Å². The number of aromatic nitrogens is 1. The maximum absolute atomic E-state index is 14.0. The van der Waals surface area contributed by atoms with Crippen LogP contribution in [0.3, 0.4) is 0 Å². The molecule has 0 unspecified atom stereocenters. The number of anilines is 1. The predicted molar refractivity (Wildman–Crippen MR) is 135 cm³/mol. The summed E-state index contributed by atoms with van der Waals surface area (Å²) in [5, 5.41) is 3.81. The Morgan fingerprint density at radius 3 is 2.59 bits per heavy atom. The quantitative estimate of drug-likeness (QED) is 0.476. The molecule has 10 heteroatoms. The van der Waals surface area contributed by atoms with E-state index in [0.29, 0.717) is 19.4 Å². The fourth-order valence-electron chi connectivity index (χ4n) is 5.06. The van der Waals surface area contributed by atoms with E-state index < -0.39 is 21.7 Å². The molecular weight excluding hydrogens is 500 g/mol. The number of piperidine rings is 1. The van der Waals surface area contributed by atoms with Crippen molar-refractivity contribution >= 4 is 33.8 Å². The summed E-state index contributed by atoms with van der Waals surface area (Å²) in [5.41, 5.74) is 2.37. The van der Waals surface area contributed by atoms with Gasteiger partial charge >= 0.3 is 0 Å². The molecule has 1 fully saturated rings. The molecule has 1 aromatic heterocycles. The van der Waals surface area contributed by atoms with E-state index in [1.54, 1.807) is 0 Å². The Bertz CT molecular complexity index is 1460. The maximum Gasteiger partial charge on any atom is 0.248 e. The number of hydrogen-bond acceptors (Lipinski definition) is 5. The molecule has 2 aliphatic heterocycles. The molecular formula is C27H27F2N3O4S. The molecule has 0 radical (unpaired) electrons. The molecule has 2 aliphatic rings. The van der Waals surface area contributed by atoms with Crippen molar-refractivity contribution in [1.29, 1.82) is 0 Å². The zero-order valence-electron chi connectivity index (χ0n) is 20.4. The Morgan fingerprint density at radius 2 is 1.84 bits per heavy atom. The minimum Gasteiger partial charge on any atom is -0.355 e. The number of fused-ring (bicyclic) bond motifs is 1. The summed E-state index contributed by atoms with van der Waals surface area (Å²) in [6, 6.07) is 11.0. The zero-order valence-corrected chi connectivity index (χ0v) is 21.2. The number of carbonyl (C=O) groups is 1. The fourth-order valence-corrected chi connectivity index (χ4v) is 6.78. The van der Waals surface area contributed by atoms with Crippen LogP contribution in [0.1, 0.15) is 41.8 Å². The first-order valence-electron chi connectivity index (χ1n) is 12.2. The summed E-state index contributed by atoms with van der Waals surface area (Å²) in [6.45, 7) is 2.57. The van der Waals surface area contributed by atoms with Crippen LogP contribution in [-0.2, 0) is 21.2 Å². The molecule has 0 bridgehead atoms. The lowest BCUT2D eigenvalue weighted by atomic mass is 9.94. The molecule has 1 amide bonds. The summed E-state index contributed by atoms with van der Waals surface area (Å²) in [5.74, 6) is -1.75. The van der Waals surface area contributed by atoms with E-state index in [-0.39, 0.29) is 46.8 Å². The summed E-state index contributed by atoms with van der Waals surface area (Å²) < 4.78 is 60.8. The molecule has 2 aromatic carbocycles. The van der Waals surface area contributed by atoms with Crippen molar-refractivity contribution in [2.45, 2.75) is 37.5 Å². The summed E-state index contributed by atoms with van der Waals surface area (Å²) in [7, 11) is -3.98. The van der Waals surface area contributed by atoms with E-state index in [1.807, 2.05) is 29.2 Å². The van der Waals surface area contributed by atoms with Crippen molar-refractivity contribution in [3.05, 3.63) is 76.7 Å². The lowest BCUT2D eigenvalue weighted by Crippen LogP contribution is -2.45. The molecule has 194 valence electrons.